The number of epoxide rings is 1. The Morgan fingerprint density at radius 3 is 2.42 bits per heavy atom. The molecule has 12 nitrogen and oxygen atoms in total. The summed E-state index contributed by atoms with van der Waals surface area (Å²) in [7, 11) is 7.42. The van der Waals surface area contributed by atoms with Crippen LogP contribution in [-0.4, -0.2) is 128 Å². The van der Waals surface area contributed by atoms with Crippen LogP contribution in [0.25, 0.3) is 0 Å². The van der Waals surface area contributed by atoms with Crippen molar-refractivity contribution in [3.63, 3.8) is 0 Å². The van der Waals surface area contributed by atoms with Gasteiger partial charge in [0.2, 0.25) is 0 Å². The Bertz CT molecular complexity index is 1180. The zero-order chi connectivity index (χ0) is 37.8. The van der Waals surface area contributed by atoms with Crippen molar-refractivity contribution in [3.05, 3.63) is 36.0 Å². The molecule has 0 spiro atoms. The van der Waals surface area contributed by atoms with Gasteiger partial charge in [0, 0.05) is 45.4 Å². The van der Waals surface area contributed by atoms with Gasteiger partial charge < -0.3 is 43.7 Å². The van der Waals surface area contributed by atoms with E-state index in [0.29, 0.717) is 6.54 Å². The Morgan fingerprint density at radius 1 is 1.14 bits per heavy atom. The second-order valence-corrected chi connectivity index (χ2v) is 14.6. The van der Waals surface area contributed by atoms with E-state index < -0.39 is 48.0 Å². The van der Waals surface area contributed by atoms with E-state index in [1.54, 1.807) is 38.1 Å². The predicted octanol–water partition coefficient (Wildman–Crippen LogP) is 4.67. The van der Waals surface area contributed by atoms with Crippen molar-refractivity contribution in [2.45, 2.75) is 129 Å². The third-order valence-electron chi connectivity index (χ3n) is 9.70. The molecule has 0 radical (unpaired) electrons. The van der Waals surface area contributed by atoms with Crippen LogP contribution in [0.3, 0.4) is 0 Å². The molecule has 0 aromatic carbocycles. The summed E-state index contributed by atoms with van der Waals surface area (Å²) in [5, 5.41) is 21.6. The maximum absolute atomic E-state index is 13.2. The molecular weight excluding hydrogens is 644 g/mol. The van der Waals surface area contributed by atoms with Crippen LogP contribution in [0.5, 0.6) is 0 Å². The molecule has 286 valence electrons. The monoisotopic (exact) mass is 708 g/mol. The molecule has 0 aromatic heterocycles. The van der Waals surface area contributed by atoms with Gasteiger partial charge in [0.1, 0.15) is 30.0 Å². The number of esters is 2. The minimum absolute atomic E-state index is 0.0210. The first kappa shape index (κ1) is 43.4. The van der Waals surface area contributed by atoms with Crippen molar-refractivity contribution >= 4 is 18.0 Å². The molecule has 2 N–H and O–H groups in total. The molecule has 0 saturated carbocycles. The summed E-state index contributed by atoms with van der Waals surface area (Å²) >= 11 is 0. The van der Waals surface area contributed by atoms with Gasteiger partial charge in [-0.25, -0.2) is 4.79 Å². The number of methoxy groups -OCH3 is 1. The highest BCUT2D eigenvalue weighted by Gasteiger charge is 2.52. The second kappa shape index (κ2) is 20.3. The quantitative estimate of drug-likeness (QED) is 0.0804. The summed E-state index contributed by atoms with van der Waals surface area (Å²) in [5.74, 6) is -1.57. The zero-order valence-corrected chi connectivity index (χ0v) is 32.2. The maximum Gasteiger partial charge on any atom is 0.409 e. The normalized spacial score (nSPS) is 31.1. The Hall–Kier alpha value is -2.77. The summed E-state index contributed by atoms with van der Waals surface area (Å²) in [6.45, 7) is 14.1. The van der Waals surface area contributed by atoms with Crippen molar-refractivity contribution in [2.24, 2.45) is 17.8 Å². The van der Waals surface area contributed by atoms with Gasteiger partial charge in [-0.05, 0) is 71.8 Å². The van der Waals surface area contributed by atoms with Crippen LogP contribution in [0.4, 0.5) is 4.79 Å². The minimum Gasteiger partial charge on any atom is -0.457 e. The highest BCUT2D eigenvalue weighted by Crippen LogP contribution is 2.39. The van der Waals surface area contributed by atoms with E-state index in [4.69, 9.17) is 23.7 Å². The first-order chi connectivity index (χ1) is 23.4. The molecule has 11 atom stereocenters. The minimum atomic E-state index is -1.45. The number of ether oxygens (including phenoxy) is 5. The van der Waals surface area contributed by atoms with Gasteiger partial charge in [0.25, 0.3) is 0 Å². The molecule has 11 unspecified atom stereocenters. The van der Waals surface area contributed by atoms with E-state index in [2.05, 4.69) is 18.7 Å². The van der Waals surface area contributed by atoms with Crippen LogP contribution in [0.2, 0.25) is 0 Å². The number of amides is 1. The fourth-order valence-corrected chi connectivity index (χ4v) is 6.40. The average Bonchev–Trinajstić information content (AvgIpc) is 3.83. The highest BCUT2D eigenvalue weighted by molar-refractivity contribution is 5.70. The van der Waals surface area contributed by atoms with Gasteiger partial charge in [-0.2, -0.15) is 0 Å². The van der Waals surface area contributed by atoms with Gasteiger partial charge >= 0.3 is 18.0 Å². The lowest BCUT2D eigenvalue weighted by atomic mass is 9.88. The first-order valence-electron chi connectivity index (χ1n) is 18.0. The van der Waals surface area contributed by atoms with Crippen molar-refractivity contribution < 1.29 is 48.3 Å². The van der Waals surface area contributed by atoms with Crippen molar-refractivity contribution in [2.75, 3.05) is 41.3 Å². The number of aliphatic hydroxyl groups is 2. The third kappa shape index (κ3) is 13.7. The zero-order valence-electron chi connectivity index (χ0n) is 32.2. The van der Waals surface area contributed by atoms with Gasteiger partial charge in [-0.15, -0.1) is 0 Å². The number of aliphatic hydroxyl groups excluding tert-OH is 1. The van der Waals surface area contributed by atoms with E-state index in [0.717, 1.165) is 25.0 Å². The molecule has 0 aromatic rings. The van der Waals surface area contributed by atoms with E-state index >= 15 is 0 Å². The molecule has 2 aliphatic heterocycles. The number of rotatable bonds is 15. The molecule has 1 saturated heterocycles. The standard InChI is InChI=1S/C38H64N2O10/c1-12-30(46-11)27(5)35-36(49-35)34(50-37(44)40(10)22-14-21-39(8)9)25(3)16-13-15-24(2)33-26(4)17-18-31(47-28(6)41)38(7,45)20-19-29(42)23-32(43)48-33/h13,15-18,25-27,29-31,33-36,42,45H,12,14,19-23H2,1-11H3/b16-13+,18-17+,24-15+. The Labute approximate surface area is 299 Å². The fraction of sp³-hybridized carbons (Fsp3) is 0.763. The number of cyclic esters (lactones) is 1. The summed E-state index contributed by atoms with van der Waals surface area (Å²) in [6.07, 6.45) is 6.67. The molecule has 50 heavy (non-hydrogen) atoms. The molecule has 1 amide bonds. The first-order valence-corrected chi connectivity index (χ1v) is 18.0. The summed E-state index contributed by atoms with van der Waals surface area (Å²) < 4.78 is 29.2. The molecular formula is C38H64N2O10. The van der Waals surface area contributed by atoms with Crippen molar-refractivity contribution in [1.82, 2.24) is 9.80 Å². The smallest absolute Gasteiger partial charge is 0.409 e. The number of hydrogen-bond acceptors (Lipinski definition) is 11. The van der Waals surface area contributed by atoms with Gasteiger partial charge in [0.05, 0.1) is 24.7 Å². The second-order valence-electron chi connectivity index (χ2n) is 14.6. The largest absolute Gasteiger partial charge is 0.457 e. The van der Waals surface area contributed by atoms with Crippen LogP contribution in [0.15, 0.2) is 36.0 Å². The van der Waals surface area contributed by atoms with Crippen molar-refractivity contribution in [1.29, 1.82) is 0 Å². The lowest BCUT2D eigenvalue weighted by molar-refractivity contribution is -0.157. The SMILES string of the molecule is CCC(OC)C(C)C1OC1C(OC(=O)N(C)CCCN(C)C)C(C)/C=C/C=C(\C)C1OC(=O)CC(O)CCC(C)(O)C(OC(C)=O)/C=C/C1C. The Morgan fingerprint density at radius 2 is 1.82 bits per heavy atom. The molecule has 12 heteroatoms. The lowest BCUT2D eigenvalue weighted by Gasteiger charge is -2.32. The number of allylic oxidation sites excluding steroid dienone is 2. The Balaban J connectivity index is 2.31. The molecule has 2 aliphatic rings. The highest BCUT2D eigenvalue weighted by atomic mass is 16.6. The third-order valence-corrected chi connectivity index (χ3v) is 9.70. The van der Waals surface area contributed by atoms with Gasteiger partial charge in [-0.1, -0.05) is 52.0 Å². The summed E-state index contributed by atoms with van der Waals surface area (Å²) in [5.41, 5.74) is -0.717. The fourth-order valence-electron chi connectivity index (χ4n) is 6.40. The van der Waals surface area contributed by atoms with Crippen LogP contribution in [0.1, 0.15) is 80.6 Å². The van der Waals surface area contributed by atoms with Crippen molar-refractivity contribution in [3.8, 4) is 0 Å². The predicted molar refractivity (Wildman–Crippen MR) is 191 cm³/mol. The van der Waals surface area contributed by atoms with E-state index in [1.807, 2.05) is 53.1 Å². The molecule has 1 fully saturated rings. The van der Waals surface area contributed by atoms with Crippen LogP contribution >= 0.6 is 0 Å². The van der Waals surface area contributed by atoms with E-state index in [9.17, 15) is 24.6 Å². The number of carbonyl (C=O) groups excluding carboxylic acids is 3. The molecule has 0 bridgehead atoms. The summed E-state index contributed by atoms with van der Waals surface area (Å²) in [4.78, 5) is 41.6. The van der Waals surface area contributed by atoms with E-state index in [1.165, 1.54) is 6.92 Å². The van der Waals surface area contributed by atoms with E-state index in [-0.39, 0.29) is 55.3 Å². The van der Waals surface area contributed by atoms with Gasteiger partial charge in [0.15, 0.2) is 0 Å². The molecule has 0 aliphatic carbocycles. The maximum atomic E-state index is 13.2. The topological polar surface area (TPSA) is 148 Å². The average molecular weight is 709 g/mol. The van der Waals surface area contributed by atoms with Crippen LogP contribution in [-0.2, 0) is 33.3 Å². The molecule has 2 rings (SSSR count). The lowest BCUT2D eigenvalue weighted by Crippen LogP contribution is -2.42. The molecule has 2 heterocycles. The summed E-state index contributed by atoms with van der Waals surface area (Å²) in [6, 6.07) is 0. The van der Waals surface area contributed by atoms with Gasteiger partial charge in [-0.3, -0.25) is 9.59 Å². The Kier molecular flexibility index (Phi) is 17.6. The number of carbonyl (C=O) groups is 3. The van der Waals surface area contributed by atoms with Crippen LogP contribution < -0.4 is 0 Å². The number of hydrogen-bond donors (Lipinski definition) is 2. The van der Waals surface area contributed by atoms with Crippen LogP contribution in [0, 0.1) is 17.8 Å². The number of nitrogens with zero attached hydrogens (tertiary/aromatic N) is 2.